The van der Waals surface area contributed by atoms with Gasteiger partial charge < -0.3 is 29.7 Å². The first-order valence-corrected chi connectivity index (χ1v) is 18.5. The molecule has 0 radical (unpaired) electrons. The van der Waals surface area contributed by atoms with Gasteiger partial charge in [-0.1, -0.05) is 0 Å². The SMILES string of the molecule is Cc1cc(-n2nc3c(c2N2C(=O)N(C45C6C7C68C6C7(NC(=O)OC(C)(C)C)[C@@H]7C4C67C85)CC2O)[C@H](C)N(C(=O)OC(C)(C)C)CC3)cc(C)c1F. The van der Waals surface area contributed by atoms with Crippen molar-refractivity contribution in [2.75, 3.05) is 18.0 Å². The monoisotopic (exact) mass is 700 g/mol. The Morgan fingerprint density at radius 2 is 1.59 bits per heavy atom. The number of nitrogens with zero attached hydrogens (tertiary/aromatic N) is 5. The molecule has 2 aromatic rings. The minimum atomic E-state index is -1.15. The highest BCUT2D eigenvalue weighted by Gasteiger charge is 3.31. The normalized spacial score (nSPS) is 43.4. The first-order chi connectivity index (χ1) is 23.8. The summed E-state index contributed by atoms with van der Waals surface area (Å²) < 4.78 is 28.0. The molecule has 2 N–H and O–H groups in total. The number of urea groups is 1. The number of aryl methyl sites for hydroxylation is 2. The van der Waals surface area contributed by atoms with Crippen LogP contribution in [0.3, 0.4) is 0 Å². The molecule has 7 aliphatic carbocycles. The van der Waals surface area contributed by atoms with Crippen LogP contribution in [0.2, 0.25) is 0 Å². The van der Waals surface area contributed by atoms with Crippen molar-refractivity contribution in [1.82, 2.24) is 24.9 Å². The Morgan fingerprint density at radius 3 is 2.18 bits per heavy atom. The lowest BCUT2D eigenvalue weighted by Gasteiger charge is -2.87. The predicted molar refractivity (Wildman–Crippen MR) is 179 cm³/mol. The number of aliphatic hydroxyl groups is 1. The van der Waals surface area contributed by atoms with Gasteiger partial charge in [0.1, 0.15) is 22.8 Å². The molecule has 12 nitrogen and oxygen atoms in total. The third-order valence-electron chi connectivity index (χ3n) is 14.8. The van der Waals surface area contributed by atoms with Gasteiger partial charge in [-0.05, 0) is 132 Å². The number of hydrogen-bond acceptors (Lipinski definition) is 7. The van der Waals surface area contributed by atoms with E-state index in [0.29, 0.717) is 76.7 Å². The Hall–Kier alpha value is -3.87. The van der Waals surface area contributed by atoms with Gasteiger partial charge in [0.25, 0.3) is 0 Å². The van der Waals surface area contributed by atoms with Crippen LogP contribution in [0.25, 0.3) is 5.69 Å². The van der Waals surface area contributed by atoms with E-state index in [1.165, 1.54) is 4.90 Å². The molecule has 13 heteroatoms. The first kappa shape index (κ1) is 30.7. The molecule has 11 rings (SSSR count). The second kappa shape index (κ2) is 8.19. The van der Waals surface area contributed by atoms with E-state index in [0.717, 1.165) is 5.69 Å². The molecule has 3 heterocycles. The van der Waals surface area contributed by atoms with Crippen molar-refractivity contribution in [2.45, 2.75) is 103 Å². The molecule has 4 amide bonds. The molecular weight excluding hydrogens is 655 g/mol. The summed E-state index contributed by atoms with van der Waals surface area (Å²) in [5, 5.41) is 20.3. The summed E-state index contributed by atoms with van der Waals surface area (Å²) in [6.07, 6.45) is -1.53. The van der Waals surface area contributed by atoms with E-state index in [1.807, 2.05) is 53.4 Å². The molecule has 51 heavy (non-hydrogen) atoms. The molecule has 9 aliphatic rings. The summed E-state index contributed by atoms with van der Waals surface area (Å²) in [6, 6.07) is 2.64. The van der Waals surface area contributed by atoms with Gasteiger partial charge in [0.05, 0.1) is 35.0 Å². The van der Waals surface area contributed by atoms with Crippen LogP contribution in [0.1, 0.15) is 76.9 Å². The average Bonchev–Trinajstić information content (AvgIpc) is 3.79. The summed E-state index contributed by atoms with van der Waals surface area (Å²) >= 11 is 0. The standard InChI is InChI=1S/C38H45FN6O6/c1-15-12-18(13-16(2)22(15)39)45-27(21-17(3)42(11-10-19(21)41-45)32(49)51-34(7,8)9)44-20(46)14-43(31(44)48)38-25-23-35(25)28-36(29(35)38)24(26(36)38)37(23,28)40-30(47)50-33(4,5)6/h12-13,17,20,23-26,28-29,46H,10-11,14H2,1-9H3,(H,40,47)/t17-,20?,23+,24?,25?,26?,28?,29?,35?,36?,37?,38?/m0/s1. The fourth-order valence-electron chi connectivity index (χ4n) is 14.5. The zero-order valence-corrected chi connectivity index (χ0v) is 30.5. The predicted octanol–water partition coefficient (Wildman–Crippen LogP) is 4.81. The number of halogens is 1. The van der Waals surface area contributed by atoms with Crippen LogP contribution in [0.15, 0.2) is 12.1 Å². The number of fused-ring (bicyclic) bond motifs is 7. The lowest BCUT2D eigenvalue weighted by atomic mass is 9.19. The van der Waals surface area contributed by atoms with E-state index in [4.69, 9.17) is 14.6 Å². The maximum Gasteiger partial charge on any atom is 0.410 e. The Labute approximate surface area is 295 Å². The van der Waals surface area contributed by atoms with Gasteiger partial charge >= 0.3 is 18.2 Å². The van der Waals surface area contributed by atoms with Crippen molar-refractivity contribution in [3.05, 3.63) is 40.3 Å². The quantitative estimate of drug-likeness (QED) is 0.469. The van der Waals surface area contributed by atoms with Crippen LogP contribution in [0.5, 0.6) is 0 Å². The van der Waals surface area contributed by atoms with Crippen molar-refractivity contribution in [3.63, 3.8) is 0 Å². The van der Waals surface area contributed by atoms with E-state index in [2.05, 4.69) is 5.32 Å². The van der Waals surface area contributed by atoms with Gasteiger partial charge in [0, 0.05) is 18.5 Å². The molecule has 10 unspecified atom stereocenters. The highest BCUT2D eigenvalue weighted by molar-refractivity contribution is 5.98. The number of carbonyl (C=O) groups is 3. The van der Waals surface area contributed by atoms with Gasteiger partial charge in [-0.25, -0.2) is 28.4 Å². The molecule has 0 bridgehead atoms. The Balaban J connectivity index is 0.958. The number of ether oxygens (including phenoxy) is 2. The summed E-state index contributed by atoms with van der Waals surface area (Å²) in [5.74, 6) is 2.35. The topological polar surface area (TPSA) is 129 Å². The molecule has 8 fully saturated rings. The summed E-state index contributed by atoms with van der Waals surface area (Å²) in [4.78, 5) is 46.5. The molecule has 2 aliphatic heterocycles. The third kappa shape index (κ3) is 2.83. The summed E-state index contributed by atoms with van der Waals surface area (Å²) in [5.41, 5.74) is 1.56. The van der Waals surface area contributed by atoms with E-state index in [-0.39, 0.29) is 46.4 Å². The van der Waals surface area contributed by atoms with Crippen LogP contribution in [-0.2, 0) is 15.9 Å². The lowest BCUT2D eigenvalue weighted by Crippen LogP contribution is -2.94. The number of carbonyl (C=O) groups excluding carboxylic acids is 3. The second-order valence-corrected chi connectivity index (χ2v) is 19.1. The highest BCUT2D eigenvalue weighted by atomic mass is 19.1. The van der Waals surface area contributed by atoms with E-state index in [9.17, 15) is 23.9 Å². The van der Waals surface area contributed by atoms with Crippen molar-refractivity contribution in [3.8, 4) is 5.69 Å². The number of aromatic nitrogens is 2. The minimum absolute atomic E-state index is 0.163. The van der Waals surface area contributed by atoms with Crippen molar-refractivity contribution in [2.24, 2.45) is 46.3 Å². The number of β-amino-alcohol motifs (C(OH)–C–C–N with tert-alkyl or cyclic N) is 1. The molecular formula is C38H45FN6O6. The number of rotatable bonds is 4. The molecule has 7 saturated carbocycles. The first-order valence-electron chi connectivity index (χ1n) is 18.5. The minimum Gasteiger partial charge on any atom is -0.444 e. The van der Waals surface area contributed by atoms with Gasteiger partial charge in [-0.2, -0.15) is 5.10 Å². The maximum absolute atomic E-state index is 15.0. The Morgan fingerprint density at radius 1 is 0.980 bits per heavy atom. The van der Waals surface area contributed by atoms with Crippen molar-refractivity contribution in [1.29, 1.82) is 0 Å². The molecule has 1 aromatic carbocycles. The Bertz CT molecular complexity index is 2030. The van der Waals surface area contributed by atoms with E-state index >= 15 is 0 Å². The third-order valence-corrected chi connectivity index (χ3v) is 14.8. The molecule has 1 aromatic heterocycles. The number of nitrogens with one attached hydrogen (secondary N) is 1. The number of amides is 4. The van der Waals surface area contributed by atoms with Crippen molar-refractivity contribution >= 4 is 24.0 Å². The smallest absolute Gasteiger partial charge is 0.410 e. The highest BCUT2D eigenvalue weighted by Crippen LogP contribution is 3.27. The van der Waals surface area contributed by atoms with Gasteiger partial charge in [0.2, 0.25) is 0 Å². The fourth-order valence-corrected chi connectivity index (χ4v) is 14.5. The van der Waals surface area contributed by atoms with Crippen LogP contribution in [0, 0.1) is 66.0 Å². The fraction of sp³-hybridized carbons (Fsp3) is 0.684. The van der Waals surface area contributed by atoms with Gasteiger partial charge in [0.15, 0.2) is 6.23 Å². The number of anilines is 1. The molecule has 270 valence electrons. The molecule has 12 atom stereocenters. The van der Waals surface area contributed by atoms with Gasteiger partial charge in [-0.15, -0.1) is 0 Å². The van der Waals surface area contributed by atoms with E-state index in [1.54, 1.807) is 35.6 Å². The Kier molecular flexibility index (Phi) is 4.93. The lowest BCUT2D eigenvalue weighted by molar-refractivity contribution is -0.388. The zero-order valence-electron chi connectivity index (χ0n) is 30.5. The largest absolute Gasteiger partial charge is 0.444 e. The number of hydrogen-bond donors (Lipinski definition) is 2. The zero-order chi connectivity index (χ0) is 36.1. The number of benzene rings is 1. The molecule has 2 spiro atoms. The van der Waals surface area contributed by atoms with Crippen LogP contribution in [-0.4, -0.2) is 84.5 Å². The van der Waals surface area contributed by atoms with Gasteiger partial charge in [-0.3, -0.25) is 0 Å². The average molecular weight is 701 g/mol. The summed E-state index contributed by atoms with van der Waals surface area (Å²) in [7, 11) is 0. The molecule has 1 saturated heterocycles. The maximum atomic E-state index is 15.0. The second-order valence-electron chi connectivity index (χ2n) is 19.1. The summed E-state index contributed by atoms with van der Waals surface area (Å²) in [6.45, 7) is 17.0. The number of alkyl carbamates (subject to hydrolysis) is 1. The van der Waals surface area contributed by atoms with E-state index < -0.39 is 29.6 Å². The van der Waals surface area contributed by atoms with Crippen molar-refractivity contribution < 1.29 is 33.4 Å². The number of aliphatic hydroxyl groups excluding tert-OH is 1. The van der Waals surface area contributed by atoms with Crippen LogP contribution in [0.4, 0.5) is 24.6 Å². The van der Waals surface area contributed by atoms with Crippen LogP contribution >= 0.6 is 0 Å². The van der Waals surface area contributed by atoms with Crippen LogP contribution < -0.4 is 10.2 Å².